The Hall–Kier alpha value is -1.84. The van der Waals surface area contributed by atoms with Gasteiger partial charge in [-0.3, -0.25) is 4.57 Å². The zero-order chi connectivity index (χ0) is 9.97. The van der Waals surface area contributed by atoms with Crippen LogP contribution < -0.4 is 5.69 Å². The number of aromatic amines is 1. The molecule has 0 radical (unpaired) electrons. The molecule has 0 unspecified atom stereocenters. The summed E-state index contributed by atoms with van der Waals surface area (Å²) in [5.74, 6) is -0.291. The fourth-order valence-corrected chi connectivity index (χ4v) is 1.28. The Bertz CT molecular complexity index is 487. The van der Waals surface area contributed by atoms with Crippen molar-refractivity contribution in [1.82, 2.24) is 9.55 Å². The van der Waals surface area contributed by atoms with Gasteiger partial charge in [-0.1, -0.05) is 18.2 Å². The molecule has 4 heteroatoms. The van der Waals surface area contributed by atoms with Crippen molar-refractivity contribution < 1.29 is 4.39 Å². The normalized spacial score (nSPS) is 10.4. The van der Waals surface area contributed by atoms with E-state index in [0.717, 1.165) is 0 Å². The molecule has 0 aliphatic rings. The van der Waals surface area contributed by atoms with Gasteiger partial charge in [0.05, 0.1) is 6.54 Å². The molecule has 0 saturated heterocycles. The third kappa shape index (κ3) is 1.59. The fraction of sp³-hybridized carbons (Fsp3) is 0.100. The summed E-state index contributed by atoms with van der Waals surface area (Å²) in [7, 11) is 0. The summed E-state index contributed by atoms with van der Waals surface area (Å²) in [4.78, 5) is 13.6. The Labute approximate surface area is 79.8 Å². The molecule has 1 aromatic carbocycles. The van der Waals surface area contributed by atoms with Gasteiger partial charge in [-0.05, 0) is 6.07 Å². The largest absolute Gasteiger partial charge is 0.325 e. The molecule has 0 atom stereocenters. The number of benzene rings is 1. The molecule has 0 spiro atoms. The van der Waals surface area contributed by atoms with E-state index >= 15 is 0 Å². The molecule has 2 aromatic rings. The molecular formula is C10H9FN2O. The first kappa shape index (κ1) is 8.74. The van der Waals surface area contributed by atoms with Crippen LogP contribution >= 0.6 is 0 Å². The van der Waals surface area contributed by atoms with Crippen LogP contribution in [0, 0.1) is 5.82 Å². The molecule has 0 saturated carbocycles. The Balaban J connectivity index is 2.32. The van der Waals surface area contributed by atoms with Crippen LogP contribution in [0.3, 0.4) is 0 Å². The highest BCUT2D eigenvalue weighted by molar-refractivity contribution is 5.17. The maximum absolute atomic E-state index is 13.2. The predicted octanol–water partition coefficient (Wildman–Crippen LogP) is 1.36. The second-order valence-electron chi connectivity index (χ2n) is 2.98. The summed E-state index contributed by atoms with van der Waals surface area (Å²) in [6, 6.07) is 6.41. The standard InChI is InChI=1S/C10H9FN2O/c11-9-4-2-1-3-8(9)7-13-6-5-12-10(13)14/h1-6H,7H2,(H,12,14). The van der Waals surface area contributed by atoms with E-state index in [1.165, 1.54) is 16.8 Å². The minimum Gasteiger partial charge on any atom is -0.313 e. The van der Waals surface area contributed by atoms with Crippen LogP contribution in [-0.2, 0) is 6.54 Å². The fourth-order valence-electron chi connectivity index (χ4n) is 1.28. The number of hydrogen-bond donors (Lipinski definition) is 1. The summed E-state index contributed by atoms with van der Waals surface area (Å²) in [6.07, 6.45) is 3.12. The molecule has 2 rings (SSSR count). The summed E-state index contributed by atoms with van der Waals surface area (Å²) in [5, 5.41) is 0. The number of halogens is 1. The second kappa shape index (κ2) is 3.49. The molecule has 0 amide bonds. The van der Waals surface area contributed by atoms with Gasteiger partial charge in [0.25, 0.3) is 0 Å². The van der Waals surface area contributed by atoms with Gasteiger partial charge in [0.1, 0.15) is 5.82 Å². The van der Waals surface area contributed by atoms with E-state index in [9.17, 15) is 9.18 Å². The highest BCUT2D eigenvalue weighted by atomic mass is 19.1. The maximum Gasteiger partial charge on any atom is 0.325 e. The van der Waals surface area contributed by atoms with Gasteiger partial charge in [-0.25, -0.2) is 9.18 Å². The number of aromatic nitrogens is 2. The van der Waals surface area contributed by atoms with Gasteiger partial charge < -0.3 is 4.98 Å². The Morgan fingerprint density at radius 3 is 2.79 bits per heavy atom. The van der Waals surface area contributed by atoms with E-state index < -0.39 is 0 Å². The molecule has 1 heterocycles. The maximum atomic E-state index is 13.2. The third-order valence-electron chi connectivity index (χ3n) is 2.02. The van der Waals surface area contributed by atoms with Crippen LogP contribution in [0.1, 0.15) is 5.56 Å². The van der Waals surface area contributed by atoms with Crippen molar-refractivity contribution in [2.75, 3.05) is 0 Å². The van der Waals surface area contributed by atoms with E-state index in [1.54, 1.807) is 24.4 Å². The SMILES string of the molecule is O=c1[nH]ccn1Cc1ccccc1F. The number of imidazole rings is 1. The van der Waals surface area contributed by atoms with Crippen molar-refractivity contribution in [1.29, 1.82) is 0 Å². The smallest absolute Gasteiger partial charge is 0.313 e. The average molecular weight is 192 g/mol. The van der Waals surface area contributed by atoms with Crippen LogP contribution in [0.2, 0.25) is 0 Å². The Morgan fingerprint density at radius 1 is 1.36 bits per heavy atom. The van der Waals surface area contributed by atoms with Gasteiger partial charge in [-0.2, -0.15) is 0 Å². The molecule has 14 heavy (non-hydrogen) atoms. The van der Waals surface area contributed by atoms with Crippen LogP contribution in [0.4, 0.5) is 4.39 Å². The van der Waals surface area contributed by atoms with Crippen molar-refractivity contribution in [3.8, 4) is 0 Å². The van der Waals surface area contributed by atoms with E-state index in [2.05, 4.69) is 4.98 Å². The number of nitrogens with one attached hydrogen (secondary N) is 1. The first-order chi connectivity index (χ1) is 6.77. The quantitative estimate of drug-likeness (QED) is 0.766. The van der Waals surface area contributed by atoms with Crippen LogP contribution in [0.25, 0.3) is 0 Å². The monoisotopic (exact) mass is 192 g/mol. The van der Waals surface area contributed by atoms with E-state index in [0.29, 0.717) is 5.56 Å². The number of rotatable bonds is 2. The first-order valence-corrected chi connectivity index (χ1v) is 4.24. The van der Waals surface area contributed by atoms with Crippen LogP contribution in [0.5, 0.6) is 0 Å². The van der Waals surface area contributed by atoms with Gasteiger partial charge >= 0.3 is 5.69 Å². The van der Waals surface area contributed by atoms with E-state index in [-0.39, 0.29) is 18.1 Å². The molecule has 0 bridgehead atoms. The van der Waals surface area contributed by atoms with Gasteiger partial charge in [0.2, 0.25) is 0 Å². The number of nitrogens with zero attached hydrogens (tertiary/aromatic N) is 1. The summed E-state index contributed by atoms with van der Waals surface area (Å²) >= 11 is 0. The van der Waals surface area contributed by atoms with Crippen molar-refractivity contribution >= 4 is 0 Å². The van der Waals surface area contributed by atoms with Crippen LogP contribution in [-0.4, -0.2) is 9.55 Å². The van der Waals surface area contributed by atoms with Crippen molar-refractivity contribution in [2.24, 2.45) is 0 Å². The topological polar surface area (TPSA) is 37.8 Å². The molecule has 0 aliphatic heterocycles. The van der Waals surface area contributed by atoms with E-state index in [4.69, 9.17) is 0 Å². The number of H-pyrrole nitrogens is 1. The third-order valence-corrected chi connectivity index (χ3v) is 2.02. The molecule has 72 valence electrons. The first-order valence-electron chi connectivity index (χ1n) is 4.24. The van der Waals surface area contributed by atoms with Crippen molar-refractivity contribution in [3.63, 3.8) is 0 Å². The molecule has 3 nitrogen and oxygen atoms in total. The molecule has 1 aromatic heterocycles. The number of hydrogen-bond acceptors (Lipinski definition) is 1. The minimum atomic E-state index is -0.291. The lowest BCUT2D eigenvalue weighted by molar-refractivity contribution is 0.596. The van der Waals surface area contributed by atoms with Crippen molar-refractivity contribution in [2.45, 2.75) is 6.54 Å². The van der Waals surface area contributed by atoms with Gasteiger partial charge in [0.15, 0.2) is 0 Å². The summed E-state index contributed by atoms with van der Waals surface area (Å²) < 4.78 is 14.6. The molecule has 0 fully saturated rings. The zero-order valence-electron chi connectivity index (χ0n) is 7.40. The molecule has 1 N–H and O–H groups in total. The van der Waals surface area contributed by atoms with Gasteiger partial charge in [-0.15, -0.1) is 0 Å². The predicted molar refractivity (Wildman–Crippen MR) is 50.6 cm³/mol. The second-order valence-corrected chi connectivity index (χ2v) is 2.98. The average Bonchev–Trinajstić information content (AvgIpc) is 2.56. The lowest BCUT2D eigenvalue weighted by atomic mass is 10.2. The molecular weight excluding hydrogens is 183 g/mol. The highest BCUT2D eigenvalue weighted by Crippen LogP contribution is 2.06. The zero-order valence-corrected chi connectivity index (χ0v) is 7.40. The summed E-state index contributed by atoms with van der Waals surface area (Å²) in [5.41, 5.74) is 0.280. The minimum absolute atomic E-state index is 0.228. The van der Waals surface area contributed by atoms with Crippen LogP contribution in [0.15, 0.2) is 41.5 Å². The molecule has 0 aliphatic carbocycles. The Kier molecular flexibility index (Phi) is 2.18. The van der Waals surface area contributed by atoms with Gasteiger partial charge in [0, 0.05) is 18.0 Å². The Morgan fingerprint density at radius 2 is 2.14 bits per heavy atom. The lowest BCUT2D eigenvalue weighted by Crippen LogP contribution is -2.17. The van der Waals surface area contributed by atoms with E-state index in [1.807, 2.05) is 0 Å². The highest BCUT2D eigenvalue weighted by Gasteiger charge is 2.02. The lowest BCUT2D eigenvalue weighted by Gasteiger charge is -2.02. The van der Waals surface area contributed by atoms with Crippen molar-refractivity contribution in [3.05, 3.63) is 58.5 Å². The summed E-state index contributed by atoms with van der Waals surface area (Å²) in [6.45, 7) is 0.259.